The number of aliphatic carboxylic acids is 1. The van der Waals surface area contributed by atoms with Gasteiger partial charge in [-0.2, -0.15) is 0 Å². The van der Waals surface area contributed by atoms with Gasteiger partial charge >= 0.3 is 5.97 Å². The van der Waals surface area contributed by atoms with Gasteiger partial charge in [0.05, 0.1) is 12.5 Å². The molecule has 0 heterocycles. The molecule has 3 saturated carbocycles. The van der Waals surface area contributed by atoms with Crippen LogP contribution in [0.3, 0.4) is 0 Å². The smallest absolute Gasteiger partial charge is 0.306 e. The lowest BCUT2D eigenvalue weighted by molar-refractivity contribution is -0.221. The molecule has 0 aliphatic heterocycles. The number of Topliss-reactive ketones (excluding diaryl/α,β-unsaturated/α-hetero) is 1. The molecule has 0 saturated heterocycles. The number of hydrogen-bond donors (Lipinski definition) is 4. The van der Waals surface area contributed by atoms with Crippen LogP contribution in [0.25, 0.3) is 0 Å². The summed E-state index contributed by atoms with van der Waals surface area (Å²) in [6.45, 7) is 4.98. The van der Waals surface area contributed by atoms with Crippen LogP contribution in [0.1, 0.15) is 52.9 Å². The van der Waals surface area contributed by atoms with Gasteiger partial charge < -0.3 is 20.4 Å². The second-order valence-corrected chi connectivity index (χ2v) is 10.6. The predicted molar refractivity (Wildman–Crippen MR) is 111 cm³/mol. The number of ketones is 2. The van der Waals surface area contributed by atoms with Crippen LogP contribution >= 0.6 is 0 Å². The van der Waals surface area contributed by atoms with E-state index in [4.69, 9.17) is 5.11 Å². The van der Waals surface area contributed by atoms with Gasteiger partial charge in [0.25, 0.3) is 0 Å². The maximum Gasteiger partial charge on any atom is 0.306 e. The second kappa shape index (κ2) is 7.05. The highest BCUT2D eigenvalue weighted by Gasteiger charge is 2.75. The lowest BCUT2D eigenvalue weighted by Crippen LogP contribution is -2.69. The fourth-order valence-corrected chi connectivity index (χ4v) is 7.58. The largest absolute Gasteiger partial charge is 0.481 e. The summed E-state index contributed by atoms with van der Waals surface area (Å²) in [5.74, 6) is -4.38. The molecular weight excluding hydrogens is 419 g/mol. The SMILES string of the molecule is CC1CC2C3CCC4=CC(=O)C=CC4(C)C3(F)C(O)CC2(C)C1(O)C(=O)C(O)CC(=O)O. The molecule has 9 unspecified atom stereocenters. The first kappa shape index (κ1) is 23.3. The number of carbonyl (C=O) groups excluding carboxylic acids is 2. The number of hydrogen-bond acceptors (Lipinski definition) is 6. The highest BCUT2D eigenvalue weighted by atomic mass is 19.1. The van der Waals surface area contributed by atoms with Gasteiger partial charge in [-0.1, -0.05) is 25.5 Å². The van der Waals surface area contributed by atoms with Crippen molar-refractivity contribution in [3.05, 3.63) is 23.8 Å². The summed E-state index contributed by atoms with van der Waals surface area (Å²) in [5, 5.41) is 42.1. The van der Waals surface area contributed by atoms with E-state index in [-0.39, 0.29) is 12.2 Å². The minimum absolute atomic E-state index is 0.212. The van der Waals surface area contributed by atoms with Crippen molar-refractivity contribution in [3.8, 4) is 0 Å². The molecule has 176 valence electrons. The molecular formula is C24H31FO7. The molecule has 4 aliphatic carbocycles. The minimum atomic E-state index is -2.09. The number of aliphatic hydroxyl groups excluding tert-OH is 2. The molecule has 4 N–H and O–H groups in total. The highest BCUT2D eigenvalue weighted by molar-refractivity contribution is 6.01. The summed E-state index contributed by atoms with van der Waals surface area (Å²) in [4.78, 5) is 36.1. The van der Waals surface area contributed by atoms with E-state index in [2.05, 4.69) is 0 Å². The number of fused-ring (bicyclic) bond motifs is 5. The fourth-order valence-electron chi connectivity index (χ4n) is 7.58. The zero-order chi connectivity index (χ0) is 23.9. The van der Waals surface area contributed by atoms with Gasteiger partial charge in [0.2, 0.25) is 0 Å². The minimum Gasteiger partial charge on any atom is -0.481 e. The third kappa shape index (κ3) is 2.66. The molecule has 4 aliphatic rings. The van der Waals surface area contributed by atoms with Crippen molar-refractivity contribution in [2.75, 3.05) is 0 Å². The molecule has 0 aromatic carbocycles. The molecule has 7 nitrogen and oxygen atoms in total. The van der Waals surface area contributed by atoms with Crippen molar-refractivity contribution in [2.24, 2.45) is 28.6 Å². The quantitative estimate of drug-likeness (QED) is 0.513. The molecule has 0 aromatic rings. The maximum absolute atomic E-state index is 17.0. The monoisotopic (exact) mass is 450 g/mol. The van der Waals surface area contributed by atoms with Gasteiger partial charge in [-0.05, 0) is 56.6 Å². The molecule has 0 bridgehead atoms. The molecule has 0 aromatic heterocycles. The average Bonchev–Trinajstić information content (AvgIpc) is 2.90. The third-order valence-corrected chi connectivity index (χ3v) is 9.27. The van der Waals surface area contributed by atoms with Gasteiger partial charge in [0, 0.05) is 16.7 Å². The number of halogens is 1. The number of alkyl halides is 1. The molecule has 4 rings (SSSR count). The van der Waals surface area contributed by atoms with E-state index < -0.39 is 70.2 Å². The van der Waals surface area contributed by atoms with E-state index in [1.54, 1.807) is 20.8 Å². The van der Waals surface area contributed by atoms with Crippen molar-refractivity contribution in [2.45, 2.75) is 76.4 Å². The summed E-state index contributed by atoms with van der Waals surface area (Å²) in [6.07, 6.45) is 0.951. The van der Waals surface area contributed by atoms with E-state index in [1.807, 2.05) is 0 Å². The van der Waals surface area contributed by atoms with E-state index in [0.717, 1.165) is 0 Å². The van der Waals surface area contributed by atoms with Crippen LogP contribution in [0.4, 0.5) is 4.39 Å². The normalized spacial score (nSPS) is 48.3. The van der Waals surface area contributed by atoms with Gasteiger partial charge in [0.1, 0.15) is 11.7 Å². The molecule has 3 fully saturated rings. The molecule has 0 amide bonds. The molecule has 32 heavy (non-hydrogen) atoms. The van der Waals surface area contributed by atoms with E-state index in [0.29, 0.717) is 24.8 Å². The van der Waals surface area contributed by atoms with Crippen LogP contribution < -0.4 is 0 Å². The van der Waals surface area contributed by atoms with E-state index >= 15 is 4.39 Å². The third-order valence-electron chi connectivity index (χ3n) is 9.27. The molecule has 8 heteroatoms. The van der Waals surface area contributed by atoms with Crippen molar-refractivity contribution >= 4 is 17.5 Å². The van der Waals surface area contributed by atoms with Crippen LogP contribution in [-0.2, 0) is 14.4 Å². The summed E-state index contributed by atoms with van der Waals surface area (Å²) in [5.41, 5.74) is -5.97. The number of carboxylic acid groups (broad SMARTS) is 1. The summed E-state index contributed by atoms with van der Waals surface area (Å²) >= 11 is 0. The Hall–Kier alpha value is -1.90. The standard InChI is InChI=1S/C24H31FO7/c1-12-8-16-15-5-4-13-9-14(26)6-7-21(13,2)23(15,25)18(28)11-22(16,3)24(12,32)20(31)17(27)10-19(29)30/h6-7,9,12,15-18,27-28,32H,4-5,8,10-11H2,1-3H3,(H,29,30). The Balaban J connectivity index is 1.77. The topological polar surface area (TPSA) is 132 Å². The van der Waals surface area contributed by atoms with Crippen LogP contribution in [0, 0.1) is 28.6 Å². The Morgan fingerprint density at radius 1 is 1.28 bits per heavy atom. The summed E-state index contributed by atoms with van der Waals surface area (Å²) in [7, 11) is 0. The first-order chi connectivity index (χ1) is 14.7. The van der Waals surface area contributed by atoms with Gasteiger partial charge in [0.15, 0.2) is 17.2 Å². The number of carbonyl (C=O) groups is 3. The van der Waals surface area contributed by atoms with E-state index in [9.17, 15) is 29.7 Å². The lowest BCUT2D eigenvalue weighted by Gasteiger charge is -2.62. The van der Waals surface area contributed by atoms with Crippen LogP contribution in [0.5, 0.6) is 0 Å². The van der Waals surface area contributed by atoms with E-state index in [1.165, 1.54) is 18.2 Å². The first-order valence-electron chi connectivity index (χ1n) is 11.2. The number of carboxylic acids is 1. The summed E-state index contributed by atoms with van der Waals surface area (Å²) < 4.78 is 17.0. The van der Waals surface area contributed by atoms with Gasteiger partial charge in [-0.25, -0.2) is 4.39 Å². The second-order valence-electron chi connectivity index (χ2n) is 10.6. The maximum atomic E-state index is 17.0. The Morgan fingerprint density at radius 2 is 1.94 bits per heavy atom. The molecule has 0 spiro atoms. The van der Waals surface area contributed by atoms with Gasteiger partial charge in [-0.15, -0.1) is 0 Å². The molecule has 9 atom stereocenters. The highest BCUT2D eigenvalue weighted by Crippen LogP contribution is 2.70. The van der Waals surface area contributed by atoms with Crippen LogP contribution in [0.2, 0.25) is 0 Å². The van der Waals surface area contributed by atoms with Crippen LogP contribution in [-0.4, -0.2) is 61.4 Å². The number of rotatable bonds is 4. The van der Waals surface area contributed by atoms with Crippen molar-refractivity contribution < 1.29 is 39.2 Å². The Kier molecular flexibility index (Phi) is 5.12. The van der Waals surface area contributed by atoms with Gasteiger partial charge in [-0.3, -0.25) is 14.4 Å². The number of allylic oxidation sites excluding steroid dienone is 4. The average molecular weight is 451 g/mol. The first-order valence-corrected chi connectivity index (χ1v) is 11.2. The van der Waals surface area contributed by atoms with Crippen LogP contribution in [0.15, 0.2) is 23.8 Å². The van der Waals surface area contributed by atoms with Crippen molar-refractivity contribution in [1.29, 1.82) is 0 Å². The fraction of sp³-hybridized carbons (Fsp3) is 0.708. The predicted octanol–water partition coefficient (Wildman–Crippen LogP) is 1.74. The summed E-state index contributed by atoms with van der Waals surface area (Å²) in [6, 6.07) is 0. The van der Waals surface area contributed by atoms with Crippen molar-refractivity contribution in [1.82, 2.24) is 0 Å². The lowest BCUT2D eigenvalue weighted by atomic mass is 9.44. The number of aliphatic hydroxyl groups is 3. The molecule has 0 radical (unpaired) electrons. The zero-order valence-corrected chi connectivity index (χ0v) is 18.5. The Morgan fingerprint density at radius 3 is 2.56 bits per heavy atom. The Bertz CT molecular complexity index is 943. The zero-order valence-electron chi connectivity index (χ0n) is 18.5. The Labute approximate surface area is 186 Å². The van der Waals surface area contributed by atoms with Crippen molar-refractivity contribution in [3.63, 3.8) is 0 Å².